The quantitative estimate of drug-likeness (QED) is 0.592. The van der Waals surface area contributed by atoms with Crippen molar-refractivity contribution in [1.29, 1.82) is 0 Å². The van der Waals surface area contributed by atoms with E-state index < -0.39 is 12.5 Å². The van der Waals surface area contributed by atoms with E-state index in [9.17, 15) is 9.59 Å². The van der Waals surface area contributed by atoms with Crippen LogP contribution in [0.2, 0.25) is 0 Å². The lowest BCUT2D eigenvalue weighted by molar-refractivity contribution is -0.140. The maximum absolute atomic E-state index is 12.4. The number of carboxylic acid groups (broad SMARTS) is 1. The summed E-state index contributed by atoms with van der Waals surface area (Å²) in [6.45, 7) is 1.88. The third-order valence-electron chi connectivity index (χ3n) is 6.01. The van der Waals surface area contributed by atoms with Crippen LogP contribution in [0.15, 0.2) is 29.2 Å². The molecule has 3 aliphatic rings. The molecule has 1 amide bonds. The Kier molecular flexibility index (Phi) is 5.73. The van der Waals surface area contributed by atoms with Crippen LogP contribution in [0.1, 0.15) is 37.7 Å². The minimum absolute atomic E-state index is 0.297. The number of aliphatic carboxylic acids is 1. The molecule has 7 heteroatoms. The number of carbonyl (C=O) groups is 2. The molecule has 2 aliphatic heterocycles. The number of thioether (sulfide) groups is 1. The van der Waals surface area contributed by atoms with Gasteiger partial charge >= 0.3 is 5.97 Å². The van der Waals surface area contributed by atoms with Crippen LogP contribution in [0.4, 0.5) is 5.69 Å². The predicted molar refractivity (Wildman–Crippen MR) is 116 cm³/mol. The van der Waals surface area contributed by atoms with Crippen molar-refractivity contribution in [2.45, 2.75) is 32.1 Å². The van der Waals surface area contributed by atoms with E-state index in [1.807, 2.05) is 12.1 Å². The normalized spacial score (nSPS) is 26.6. The monoisotopic (exact) mass is 416 g/mol. The van der Waals surface area contributed by atoms with Gasteiger partial charge in [-0.25, -0.2) is 0 Å². The summed E-state index contributed by atoms with van der Waals surface area (Å²) in [5.41, 5.74) is 2.16. The smallest absolute Gasteiger partial charge is 0.323 e. The highest BCUT2D eigenvalue weighted by molar-refractivity contribution is 8.26. The Morgan fingerprint density at radius 3 is 2.61 bits per heavy atom. The van der Waals surface area contributed by atoms with Gasteiger partial charge in [0.2, 0.25) is 0 Å². The minimum Gasteiger partial charge on any atom is -0.480 e. The molecule has 5 nitrogen and oxygen atoms in total. The fourth-order valence-corrected chi connectivity index (χ4v) is 5.79. The van der Waals surface area contributed by atoms with Gasteiger partial charge in [-0.3, -0.25) is 14.5 Å². The Morgan fingerprint density at radius 2 is 1.89 bits per heavy atom. The van der Waals surface area contributed by atoms with Crippen LogP contribution in [0, 0.1) is 11.8 Å². The van der Waals surface area contributed by atoms with E-state index in [0.29, 0.717) is 9.23 Å². The van der Waals surface area contributed by atoms with Crippen molar-refractivity contribution in [3.05, 3.63) is 34.7 Å². The molecule has 4 rings (SSSR count). The van der Waals surface area contributed by atoms with Gasteiger partial charge in [0.15, 0.2) is 0 Å². The number of benzene rings is 1. The van der Waals surface area contributed by atoms with Crippen LogP contribution in [-0.4, -0.2) is 45.8 Å². The fraction of sp³-hybridized carbons (Fsp3) is 0.476. The van der Waals surface area contributed by atoms with E-state index in [1.165, 1.54) is 37.8 Å². The van der Waals surface area contributed by atoms with Crippen LogP contribution in [0.5, 0.6) is 0 Å². The topological polar surface area (TPSA) is 60.9 Å². The average Bonchev–Trinajstić information content (AvgIpc) is 2.95. The first-order valence-electron chi connectivity index (χ1n) is 9.83. The van der Waals surface area contributed by atoms with E-state index in [-0.39, 0.29) is 5.91 Å². The van der Waals surface area contributed by atoms with E-state index in [1.54, 1.807) is 6.08 Å². The third-order valence-corrected chi connectivity index (χ3v) is 7.39. The molecule has 1 saturated carbocycles. The van der Waals surface area contributed by atoms with E-state index in [2.05, 4.69) is 17.0 Å². The highest BCUT2D eigenvalue weighted by Gasteiger charge is 2.33. The number of hydrogen-bond donors (Lipinski definition) is 1. The van der Waals surface area contributed by atoms with E-state index in [0.717, 1.165) is 47.2 Å². The zero-order valence-electron chi connectivity index (χ0n) is 15.7. The molecule has 1 N–H and O–H groups in total. The second-order valence-electron chi connectivity index (χ2n) is 7.79. The number of anilines is 1. The molecule has 3 fully saturated rings. The fourth-order valence-electron chi connectivity index (χ4n) is 4.54. The molecule has 1 aliphatic carbocycles. The number of amides is 1. The average molecular weight is 417 g/mol. The first kappa shape index (κ1) is 19.5. The number of rotatable bonds is 4. The number of fused-ring (bicyclic) bond motifs is 1. The largest absolute Gasteiger partial charge is 0.480 e. The zero-order valence-corrected chi connectivity index (χ0v) is 17.3. The molecule has 2 heterocycles. The number of carbonyl (C=O) groups excluding carboxylic acids is 1. The molecule has 1 aromatic carbocycles. The molecule has 2 atom stereocenters. The Bertz CT molecular complexity index is 821. The summed E-state index contributed by atoms with van der Waals surface area (Å²) in [6, 6.07) is 8.28. The maximum atomic E-state index is 12.4. The molecule has 0 aromatic heterocycles. The summed E-state index contributed by atoms with van der Waals surface area (Å²) in [6.07, 6.45) is 8.61. The van der Waals surface area contributed by atoms with Crippen molar-refractivity contribution in [3.8, 4) is 0 Å². The number of carboxylic acids is 1. The molecule has 2 unspecified atom stereocenters. The lowest BCUT2D eigenvalue weighted by Crippen LogP contribution is -2.41. The first-order chi connectivity index (χ1) is 13.5. The Balaban J connectivity index is 1.44. The zero-order chi connectivity index (χ0) is 19.7. The lowest BCUT2D eigenvalue weighted by atomic mass is 9.75. The second kappa shape index (κ2) is 8.25. The van der Waals surface area contributed by atoms with Gasteiger partial charge in [0, 0.05) is 18.8 Å². The van der Waals surface area contributed by atoms with Gasteiger partial charge in [-0.05, 0) is 48.4 Å². The standard InChI is InChI=1S/C21H24N2O3S2/c24-19(25)13-23-20(26)18(28-21(23)27)11-14-5-7-17(8-6-14)22-10-9-15-3-1-2-4-16(15)12-22/h5-8,11,15-16H,1-4,9-10,12-13H2,(H,24,25). The van der Waals surface area contributed by atoms with Crippen molar-refractivity contribution in [3.63, 3.8) is 0 Å². The van der Waals surface area contributed by atoms with Gasteiger partial charge in [0.1, 0.15) is 10.9 Å². The lowest BCUT2D eigenvalue weighted by Gasteiger charge is -2.42. The molecular formula is C21H24N2O3S2. The highest BCUT2D eigenvalue weighted by Crippen LogP contribution is 2.38. The summed E-state index contributed by atoms with van der Waals surface area (Å²) >= 11 is 6.30. The van der Waals surface area contributed by atoms with Crippen molar-refractivity contribution in [1.82, 2.24) is 4.90 Å². The van der Waals surface area contributed by atoms with Crippen molar-refractivity contribution < 1.29 is 14.7 Å². The number of nitrogens with zero attached hydrogens (tertiary/aromatic N) is 2. The van der Waals surface area contributed by atoms with Crippen LogP contribution in [0.25, 0.3) is 6.08 Å². The molecule has 0 bridgehead atoms. The Morgan fingerprint density at radius 1 is 1.18 bits per heavy atom. The molecule has 2 saturated heterocycles. The van der Waals surface area contributed by atoms with Crippen LogP contribution in [0.3, 0.4) is 0 Å². The third kappa shape index (κ3) is 4.10. The number of hydrogen-bond acceptors (Lipinski definition) is 5. The number of thiocarbonyl (C=S) groups is 1. The van der Waals surface area contributed by atoms with Gasteiger partial charge in [-0.2, -0.15) is 0 Å². The first-order valence-corrected chi connectivity index (χ1v) is 11.1. The molecule has 28 heavy (non-hydrogen) atoms. The highest BCUT2D eigenvalue weighted by atomic mass is 32.2. The molecular weight excluding hydrogens is 392 g/mol. The van der Waals surface area contributed by atoms with Gasteiger partial charge in [-0.1, -0.05) is 55.4 Å². The van der Waals surface area contributed by atoms with Crippen molar-refractivity contribution in [2.75, 3.05) is 24.5 Å². The molecule has 0 spiro atoms. The molecule has 1 aromatic rings. The predicted octanol–water partition coefficient (Wildman–Crippen LogP) is 3.99. The van der Waals surface area contributed by atoms with E-state index >= 15 is 0 Å². The molecule has 0 radical (unpaired) electrons. The van der Waals surface area contributed by atoms with Crippen molar-refractivity contribution in [2.24, 2.45) is 11.8 Å². The maximum Gasteiger partial charge on any atom is 0.323 e. The Hall–Kier alpha value is -1.86. The minimum atomic E-state index is -1.07. The van der Waals surface area contributed by atoms with Crippen LogP contribution < -0.4 is 4.90 Å². The van der Waals surface area contributed by atoms with Gasteiger partial charge in [0.05, 0.1) is 4.91 Å². The van der Waals surface area contributed by atoms with Gasteiger partial charge < -0.3 is 10.0 Å². The van der Waals surface area contributed by atoms with Crippen molar-refractivity contribution >= 4 is 51.9 Å². The van der Waals surface area contributed by atoms with Crippen LogP contribution >= 0.6 is 24.0 Å². The Labute approximate surface area is 174 Å². The molecule has 148 valence electrons. The number of piperidine rings is 1. The second-order valence-corrected chi connectivity index (χ2v) is 9.47. The summed E-state index contributed by atoms with van der Waals surface area (Å²) in [5, 5.41) is 8.93. The summed E-state index contributed by atoms with van der Waals surface area (Å²) in [4.78, 5) is 27.4. The van der Waals surface area contributed by atoms with Gasteiger partial charge in [0.25, 0.3) is 5.91 Å². The summed E-state index contributed by atoms with van der Waals surface area (Å²) < 4.78 is 0.297. The van der Waals surface area contributed by atoms with E-state index in [4.69, 9.17) is 17.3 Å². The van der Waals surface area contributed by atoms with Crippen LogP contribution in [-0.2, 0) is 9.59 Å². The van der Waals surface area contributed by atoms with Gasteiger partial charge in [-0.15, -0.1) is 0 Å². The summed E-state index contributed by atoms with van der Waals surface area (Å²) in [5.74, 6) is 0.347. The summed E-state index contributed by atoms with van der Waals surface area (Å²) in [7, 11) is 0. The SMILES string of the molecule is O=C(O)CN1C(=O)C(=Cc2ccc(N3CCC4CCCCC4C3)cc2)SC1=S.